The van der Waals surface area contributed by atoms with Gasteiger partial charge in [0.15, 0.2) is 0 Å². The van der Waals surface area contributed by atoms with E-state index in [0.717, 1.165) is 64.3 Å². The highest BCUT2D eigenvalue weighted by molar-refractivity contribution is 7.19. The molecule has 33 heavy (non-hydrogen) atoms. The first-order valence-corrected chi connectivity index (χ1v) is 12.0. The summed E-state index contributed by atoms with van der Waals surface area (Å²) in [5.41, 5.74) is 6.67. The number of fused-ring (bicyclic) bond motifs is 4. The third kappa shape index (κ3) is 3.78. The molecule has 3 heterocycles. The lowest BCUT2D eigenvalue weighted by Gasteiger charge is -2.22. The van der Waals surface area contributed by atoms with Gasteiger partial charge >= 0.3 is 0 Å². The molecule has 2 aromatic heterocycles. The van der Waals surface area contributed by atoms with Crippen LogP contribution in [0.2, 0.25) is 0 Å². The minimum absolute atomic E-state index is 0.0357. The number of carbonyl (C=O) groups is 1. The first-order chi connectivity index (χ1) is 16.1. The van der Waals surface area contributed by atoms with Crippen molar-refractivity contribution in [2.75, 3.05) is 10.6 Å². The van der Waals surface area contributed by atoms with Crippen molar-refractivity contribution in [2.24, 2.45) is 10.9 Å². The van der Waals surface area contributed by atoms with Crippen LogP contribution in [0.3, 0.4) is 0 Å². The molecule has 0 saturated carbocycles. The quantitative estimate of drug-likeness (QED) is 0.432. The van der Waals surface area contributed by atoms with E-state index in [2.05, 4.69) is 43.8 Å². The lowest BCUT2D eigenvalue weighted by atomic mass is 9.87. The average molecular weight is 454 g/mol. The summed E-state index contributed by atoms with van der Waals surface area (Å²) in [6.07, 6.45) is 5.94. The lowest BCUT2D eigenvalue weighted by molar-refractivity contribution is -0.120. The fourth-order valence-corrected chi connectivity index (χ4v) is 5.98. The second-order valence-electron chi connectivity index (χ2n) is 8.71. The summed E-state index contributed by atoms with van der Waals surface area (Å²) in [7, 11) is 0. The minimum Gasteiger partial charge on any atom is -0.340 e. The van der Waals surface area contributed by atoms with Crippen LogP contribution < -0.4 is 10.6 Å². The third-order valence-corrected chi connectivity index (χ3v) is 7.56. The predicted octanol–water partition coefficient (Wildman–Crippen LogP) is 5.42. The predicted molar refractivity (Wildman–Crippen MR) is 134 cm³/mol. The van der Waals surface area contributed by atoms with Crippen molar-refractivity contribution < 1.29 is 4.79 Å². The van der Waals surface area contributed by atoms with E-state index in [-0.39, 0.29) is 11.8 Å². The Morgan fingerprint density at radius 2 is 2.06 bits per heavy atom. The zero-order valence-corrected chi connectivity index (χ0v) is 19.1. The summed E-state index contributed by atoms with van der Waals surface area (Å²) in [6.45, 7) is 2.78. The molecule has 4 aromatic rings. The number of hydrogen-bond acceptors (Lipinski definition) is 6. The molecule has 0 radical (unpaired) electrons. The highest BCUT2D eigenvalue weighted by Gasteiger charge is 2.29. The molecule has 6 rings (SSSR count). The van der Waals surface area contributed by atoms with Crippen molar-refractivity contribution in [1.29, 1.82) is 0 Å². The SMILES string of the molecule is Cc1cccc(NC(=O)C2CCc3c(sc4ncnc(Nc5ccc6c(c5)C=NC6)c34)C2)c1. The van der Waals surface area contributed by atoms with Gasteiger partial charge in [0.05, 0.1) is 11.9 Å². The highest BCUT2D eigenvalue weighted by atomic mass is 32.1. The molecule has 6 nitrogen and oxygen atoms in total. The summed E-state index contributed by atoms with van der Waals surface area (Å²) in [5.74, 6) is 0.884. The number of nitrogens with zero attached hydrogens (tertiary/aromatic N) is 3. The van der Waals surface area contributed by atoms with Crippen molar-refractivity contribution >= 4 is 50.9 Å². The van der Waals surface area contributed by atoms with E-state index in [1.807, 2.05) is 37.4 Å². The van der Waals surface area contributed by atoms with E-state index in [1.165, 1.54) is 16.0 Å². The number of hydrogen-bond donors (Lipinski definition) is 2. The lowest BCUT2D eigenvalue weighted by Crippen LogP contribution is -2.27. The first kappa shape index (κ1) is 20.1. The van der Waals surface area contributed by atoms with Gasteiger partial charge in [-0.1, -0.05) is 18.2 Å². The van der Waals surface area contributed by atoms with Gasteiger partial charge in [-0.05, 0) is 72.7 Å². The van der Waals surface area contributed by atoms with Crippen LogP contribution in [0.1, 0.15) is 33.6 Å². The summed E-state index contributed by atoms with van der Waals surface area (Å²) in [6, 6.07) is 14.3. The second kappa shape index (κ2) is 8.08. The molecule has 164 valence electrons. The van der Waals surface area contributed by atoms with Crippen LogP contribution in [0, 0.1) is 12.8 Å². The number of benzene rings is 2. The number of aryl methyl sites for hydroxylation is 2. The Balaban J connectivity index is 1.26. The Hall–Kier alpha value is -3.58. The number of aliphatic imine (C=N–C) groups is 1. The molecular formula is C26H23N5OS. The Morgan fingerprint density at radius 3 is 2.97 bits per heavy atom. The average Bonchev–Trinajstić information content (AvgIpc) is 3.43. The maximum Gasteiger partial charge on any atom is 0.227 e. The number of thiophene rings is 1. The van der Waals surface area contributed by atoms with E-state index in [4.69, 9.17) is 0 Å². The molecule has 1 atom stereocenters. The zero-order valence-electron chi connectivity index (χ0n) is 18.3. The Bertz CT molecular complexity index is 1420. The maximum atomic E-state index is 12.9. The van der Waals surface area contributed by atoms with Gasteiger partial charge in [0.1, 0.15) is 17.0 Å². The Morgan fingerprint density at radius 1 is 1.12 bits per heavy atom. The number of carbonyl (C=O) groups excluding carboxylic acids is 1. The minimum atomic E-state index is -0.0357. The topological polar surface area (TPSA) is 79.3 Å². The van der Waals surface area contributed by atoms with Crippen LogP contribution in [-0.2, 0) is 24.2 Å². The normalized spacial score (nSPS) is 16.5. The van der Waals surface area contributed by atoms with Crippen LogP contribution in [0.4, 0.5) is 17.2 Å². The molecule has 0 fully saturated rings. The van der Waals surface area contributed by atoms with E-state index >= 15 is 0 Å². The number of amides is 1. The van der Waals surface area contributed by atoms with Crippen LogP contribution in [-0.4, -0.2) is 22.1 Å². The van der Waals surface area contributed by atoms with E-state index in [1.54, 1.807) is 17.7 Å². The largest absolute Gasteiger partial charge is 0.340 e. The summed E-state index contributed by atoms with van der Waals surface area (Å²) in [5, 5.41) is 7.68. The molecule has 2 aliphatic rings. The second-order valence-corrected chi connectivity index (χ2v) is 9.80. The van der Waals surface area contributed by atoms with Crippen molar-refractivity contribution in [1.82, 2.24) is 9.97 Å². The van der Waals surface area contributed by atoms with Crippen LogP contribution in [0.25, 0.3) is 10.2 Å². The van der Waals surface area contributed by atoms with Gasteiger partial charge in [-0.15, -0.1) is 11.3 Å². The molecule has 0 bridgehead atoms. The van der Waals surface area contributed by atoms with Gasteiger partial charge in [0, 0.05) is 28.4 Å². The maximum absolute atomic E-state index is 12.9. The molecule has 1 unspecified atom stereocenters. The molecule has 2 N–H and O–H groups in total. The standard InChI is InChI=1S/C26H23N5OS/c1-15-3-2-4-19(9-15)31-25(32)16-6-8-21-22(11-16)33-26-23(21)24(28-14-29-26)30-20-7-5-17-12-27-13-18(17)10-20/h2-5,7,9-10,13-14,16H,6,8,11-12H2,1H3,(H,31,32)(H,28,29,30). The third-order valence-electron chi connectivity index (χ3n) is 6.40. The molecular weight excluding hydrogens is 430 g/mol. The fraction of sp³-hybridized carbons (Fsp3) is 0.231. The summed E-state index contributed by atoms with van der Waals surface area (Å²) in [4.78, 5) is 28.6. The van der Waals surface area contributed by atoms with Crippen LogP contribution in [0.5, 0.6) is 0 Å². The summed E-state index contributed by atoms with van der Waals surface area (Å²) < 4.78 is 0. The molecule has 7 heteroatoms. The number of nitrogens with one attached hydrogen (secondary N) is 2. The fourth-order valence-electron chi connectivity index (χ4n) is 4.71. The first-order valence-electron chi connectivity index (χ1n) is 11.2. The van der Waals surface area contributed by atoms with Crippen LogP contribution in [0.15, 0.2) is 53.8 Å². The molecule has 0 spiro atoms. The number of rotatable bonds is 4. The molecule has 1 amide bonds. The van der Waals surface area contributed by atoms with Crippen molar-refractivity contribution in [3.63, 3.8) is 0 Å². The highest BCUT2D eigenvalue weighted by Crippen LogP contribution is 2.40. The van der Waals surface area contributed by atoms with Gasteiger partial charge in [0.25, 0.3) is 0 Å². The summed E-state index contributed by atoms with van der Waals surface area (Å²) >= 11 is 1.68. The van der Waals surface area contributed by atoms with Crippen molar-refractivity contribution in [2.45, 2.75) is 32.7 Å². The number of anilines is 3. The van der Waals surface area contributed by atoms with Gasteiger partial charge in [0.2, 0.25) is 5.91 Å². The van der Waals surface area contributed by atoms with Gasteiger partial charge in [-0.2, -0.15) is 0 Å². The Kier molecular flexibility index (Phi) is 4.91. The Labute approximate surface area is 195 Å². The van der Waals surface area contributed by atoms with Crippen LogP contribution >= 0.6 is 11.3 Å². The van der Waals surface area contributed by atoms with E-state index in [9.17, 15) is 4.79 Å². The molecule has 1 aliphatic heterocycles. The van der Waals surface area contributed by atoms with Crippen molar-refractivity contribution in [3.8, 4) is 0 Å². The van der Waals surface area contributed by atoms with Gasteiger partial charge in [-0.25, -0.2) is 9.97 Å². The molecule has 2 aromatic carbocycles. The van der Waals surface area contributed by atoms with Crippen molar-refractivity contribution in [3.05, 3.63) is 75.9 Å². The molecule has 0 saturated heterocycles. The molecule has 1 aliphatic carbocycles. The van der Waals surface area contributed by atoms with Gasteiger partial charge in [-0.3, -0.25) is 9.79 Å². The number of aromatic nitrogens is 2. The smallest absolute Gasteiger partial charge is 0.227 e. The monoisotopic (exact) mass is 453 g/mol. The zero-order chi connectivity index (χ0) is 22.4. The van der Waals surface area contributed by atoms with Gasteiger partial charge < -0.3 is 10.6 Å². The van der Waals surface area contributed by atoms with E-state index < -0.39 is 0 Å². The van der Waals surface area contributed by atoms with E-state index in [0.29, 0.717) is 0 Å².